The largest absolute Gasteiger partial charge is 0.352 e. The quantitative estimate of drug-likeness (QED) is 0.767. The van der Waals surface area contributed by atoms with Gasteiger partial charge in [-0.25, -0.2) is 5.43 Å². The van der Waals surface area contributed by atoms with Gasteiger partial charge in [-0.3, -0.25) is 15.0 Å². The molecule has 6 nitrogen and oxygen atoms in total. The van der Waals surface area contributed by atoms with Gasteiger partial charge in [-0.05, 0) is 18.4 Å². The molecule has 4 atom stereocenters. The van der Waals surface area contributed by atoms with E-state index in [1.807, 2.05) is 35.2 Å². The number of rotatable bonds is 4. The number of benzene rings is 1. The molecule has 2 heterocycles. The van der Waals surface area contributed by atoms with Gasteiger partial charge in [0.1, 0.15) is 0 Å². The molecule has 134 valence electrons. The van der Waals surface area contributed by atoms with E-state index in [1.54, 1.807) is 0 Å². The number of nitrogens with zero attached hydrogens (tertiary/aromatic N) is 1. The minimum Gasteiger partial charge on any atom is -0.352 e. The van der Waals surface area contributed by atoms with Gasteiger partial charge in [-0.2, -0.15) is 0 Å². The lowest BCUT2D eigenvalue weighted by atomic mass is 9.84. The Morgan fingerprint density at radius 2 is 1.96 bits per heavy atom. The zero-order valence-corrected chi connectivity index (χ0v) is 14.4. The second kappa shape index (κ2) is 7.14. The number of carbonyl (C=O) groups excluding carboxylic acids is 2. The molecule has 4 unspecified atom stereocenters. The number of likely N-dealkylation sites (tertiary alicyclic amines) is 1. The smallest absolute Gasteiger partial charge is 0.225 e. The molecule has 6 heteroatoms. The number of hydrogen-bond acceptors (Lipinski definition) is 4. The van der Waals surface area contributed by atoms with Crippen molar-refractivity contribution in [1.29, 1.82) is 0 Å². The minimum atomic E-state index is -0.249. The van der Waals surface area contributed by atoms with Crippen molar-refractivity contribution in [1.82, 2.24) is 21.1 Å². The Hall–Kier alpha value is -1.92. The summed E-state index contributed by atoms with van der Waals surface area (Å²) in [7, 11) is 0. The van der Waals surface area contributed by atoms with E-state index in [1.165, 1.54) is 12.8 Å². The lowest BCUT2D eigenvalue weighted by molar-refractivity contribution is -0.131. The molecule has 0 bridgehead atoms. The highest BCUT2D eigenvalue weighted by Crippen LogP contribution is 2.34. The molecule has 3 aliphatic rings. The Labute approximate surface area is 148 Å². The maximum absolute atomic E-state index is 12.5. The van der Waals surface area contributed by atoms with Gasteiger partial charge in [-0.15, -0.1) is 0 Å². The summed E-state index contributed by atoms with van der Waals surface area (Å²) in [5, 5.41) is 2.98. The molecule has 3 fully saturated rings. The monoisotopic (exact) mass is 342 g/mol. The lowest BCUT2D eigenvalue weighted by Gasteiger charge is -2.32. The third-order valence-corrected chi connectivity index (χ3v) is 5.82. The zero-order chi connectivity index (χ0) is 17.2. The molecule has 2 aliphatic heterocycles. The predicted octanol–water partition coefficient (Wildman–Crippen LogP) is 1.14. The summed E-state index contributed by atoms with van der Waals surface area (Å²) in [5.74, 6) is 0.278. The molecular weight excluding hydrogens is 316 g/mol. The third-order valence-electron chi connectivity index (χ3n) is 5.82. The van der Waals surface area contributed by atoms with Crippen LogP contribution in [0.3, 0.4) is 0 Å². The first-order valence-electron chi connectivity index (χ1n) is 9.34. The number of hydrogen-bond donors (Lipinski definition) is 3. The molecule has 1 saturated carbocycles. The number of carbonyl (C=O) groups is 2. The Morgan fingerprint density at radius 1 is 1.16 bits per heavy atom. The van der Waals surface area contributed by atoms with Crippen LogP contribution in [-0.4, -0.2) is 35.5 Å². The topological polar surface area (TPSA) is 73.5 Å². The van der Waals surface area contributed by atoms with E-state index < -0.39 is 0 Å². The summed E-state index contributed by atoms with van der Waals surface area (Å²) >= 11 is 0. The summed E-state index contributed by atoms with van der Waals surface area (Å²) in [6.07, 6.45) is 5.13. The van der Waals surface area contributed by atoms with Crippen molar-refractivity contribution in [3.05, 3.63) is 35.9 Å². The Morgan fingerprint density at radius 3 is 2.80 bits per heavy atom. The van der Waals surface area contributed by atoms with Crippen molar-refractivity contribution in [2.75, 3.05) is 6.54 Å². The molecular formula is C19H26N4O2. The van der Waals surface area contributed by atoms with Gasteiger partial charge in [0.2, 0.25) is 11.8 Å². The van der Waals surface area contributed by atoms with Crippen LogP contribution in [0.5, 0.6) is 0 Å². The average Bonchev–Trinajstić information content (AvgIpc) is 3.24. The fourth-order valence-electron chi connectivity index (χ4n) is 4.43. The van der Waals surface area contributed by atoms with Crippen LogP contribution in [0.15, 0.2) is 30.3 Å². The standard InChI is InChI=1S/C19H26N4O2/c24-17-10-14(19(25)20-11-13-6-2-1-3-7-13)12-23(17)18-15-8-4-5-9-16(15)21-22-18/h1-3,6-7,14-16,18,21-22H,4-5,8-12H2,(H,20,25). The molecule has 2 amide bonds. The van der Waals surface area contributed by atoms with Gasteiger partial charge in [-0.1, -0.05) is 43.2 Å². The van der Waals surface area contributed by atoms with E-state index in [4.69, 9.17) is 0 Å². The average molecular weight is 342 g/mol. The van der Waals surface area contributed by atoms with E-state index in [0.29, 0.717) is 31.5 Å². The number of hydrazine groups is 1. The Kier molecular flexibility index (Phi) is 4.72. The number of nitrogens with one attached hydrogen (secondary N) is 3. The van der Waals surface area contributed by atoms with E-state index in [0.717, 1.165) is 18.4 Å². The van der Waals surface area contributed by atoms with Crippen LogP contribution in [-0.2, 0) is 16.1 Å². The molecule has 1 aromatic carbocycles. The van der Waals surface area contributed by atoms with Crippen molar-refractivity contribution in [3.63, 3.8) is 0 Å². The molecule has 0 aromatic heterocycles. The van der Waals surface area contributed by atoms with Crippen molar-refractivity contribution in [2.45, 2.75) is 50.9 Å². The van der Waals surface area contributed by atoms with Gasteiger partial charge in [0.15, 0.2) is 0 Å². The van der Waals surface area contributed by atoms with Gasteiger partial charge < -0.3 is 10.2 Å². The molecule has 1 aliphatic carbocycles. The van der Waals surface area contributed by atoms with Crippen LogP contribution in [0.4, 0.5) is 0 Å². The molecule has 1 aromatic rings. The van der Waals surface area contributed by atoms with Gasteiger partial charge in [0.05, 0.1) is 12.1 Å². The van der Waals surface area contributed by atoms with Gasteiger partial charge in [0.25, 0.3) is 0 Å². The summed E-state index contributed by atoms with van der Waals surface area (Å²) < 4.78 is 0. The number of fused-ring (bicyclic) bond motifs is 1. The van der Waals surface area contributed by atoms with Crippen molar-refractivity contribution < 1.29 is 9.59 Å². The van der Waals surface area contributed by atoms with Crippen LogP contribution in [0.2, 0.25) is 0 Å². The normalized spacial score (nSPS) is 31.8. The fraction of sp³-hybridized carbons (Fsp3) is 0.579. The molecule has 0 radical (unpaired) electrons. The Balaban J connectivity index is 1.34. The van der Waals surface area contributed by atoms with Gasteiger partial charge in [0, 0.05) is 31.5 Å². The van der Waals surface area contributed by atoms with Crippen molar-refractivity contribution in [2.24, 2.45) is 11.8 Å². The van der Waals surface area contributed by atoms with Crippen molar-refractivity contribution in [3.8, 4) is 0 Å². The predicted molar refractivity (Wildman–Crippen MR) is 93.9 cm³/mol. The van der Waals surface area contributed by atoms with Crippen molar-refractivity contribution >= 4 is 11.8 Å². The molecule has 4 rings (SSSR count). The molecule has 3 N–H and O–H groups in total. The van der Waals surface area contributed by atoms with E-state index >= 15 is 0 Å². The van der Waals surface area contributed by atoms with Crippen LogP contribution < -0.4 is 16.2 Å². The highest BCUT2D eigenvalue weighted by molar-refractivity contribution is 5.89. The van der Waals surface area contributed by atoms with E-state index in [-0.39, 0.29) is 23.9 Å². The SMILES string of the molecule is O=C(NCc1ccccc1)C1CC(=O)N(C2NNC3CCCCC32)C1. The first kappa shape index (κ1) is 16.5. The maximum atomic E-state index is 12.5. The summed E-state index contributed by atoms with van der Waals surface area (Å²) in [5.41, 5.74) is 7.74. The zero-order valence-electron chi connectivity index (χ0n) is 14.4. The molecule has 2 saturated heterocycles. The second-order valence-electron chi connectivity index (χ2n) is 7.44. The Bertz CT molecular complexity index is 636. The lowest BCUT2D eigenvalue weighted by Crippen LogP contribution is -2.48. The van der Waals surface area contributed by atoms with Crippen LogP contribution in [0, 0.1) is 11.8 Å². The summed E-state index contributed by atoms with van der Waals surface area (Å²) in [6, 6.07) is 10.3. The van der Waals surface area contributed by atoms with Gasteiger partial charge >= 0.3 is 0 Å². The highest BCUT2D eigenvalue weighted by atomic mass is 16.2. The summed E-state index contributed by atoms with van der Waals surface area (Å²) in [4.78, 5) is 26.9. The maximum Gasteiger partial charge on any atom is 0.225 e. The van der Waals surface area contributed by atoms with Crippen LogP contribution in [0.1, 0.15) is 37.7 Å². The fourth-order valence-corrected chi connectivity index (χ4v) is 4.43. The van der Waals surface area contributed by atoms with Crippen LogP contribution in [0.25, 0.3) is 0 Å². The molecule has 0 spiro atoms. The molecule has 25 heavy (non-hydrogen) atoms. The first-order valence-corrected chi connectivity index (χ1v) is 9.34. The number of amides is 2. The first-order chi connectivity index (χ1) is 12.2. The second-order valence-corrected chi connectivity index (χ2v) is 7.44. The minimum absolute atomic E-state index is 0.0224. The summed E-state index contributed by atoms with van der Waals surface area (Å²) in [6.45, 7) is 1.03. The third kappa shape index (κ3) is 3.41. The van der Waals surface area contributed by atoms with E-state index in [2.05, 4.69) is 16.2 Å². The highest BCUT2D eigenvalue weighted by Gasteiger charge is 2.46. The van der Waals surface area contributed by atoms with E-state index in [9.17, 15) is 9.59 Å². The van der Waals surface area contributed by atoms with Crippen LogP contribution >= 0.6 is 0 Å².